The second-order valence-electron chi connectivity index (χ2n) is 6.45. The van der Waals surface area contributed by atoms with Gasteiger partial charge < -0.3 is 14.6 Å². The van der Waals surface area contributed by atoms with Gasteiger partial charge in [0, 0.05) is 6.54 Å². The summed E-state index contributed by atoms with van der Waals surface area (Å²) >= 11 is 0. The Morgan fingerprint density at radius 2 is 1.88 bits per heavy atom. The van der Waals surface area contributed by atoms with Crippen LogP contribution in [0.1, 0.15) is 11.1 Å². The molecule has 6 nitrogen and oxygen atoms in total. The lowest BCUT2D eigenvalue weighted by atomic mass is 10.0. The maximum Gasteiger partial charge on any atom is 0.122 e. The Kier molecular flexibility index (Phi) is 6.85. The van der Waals surface area contributed by atoms with Gasteiger partial charge in [0.1, 0.15) is 24.2 Å². The van der Waals surface area contributed by atoms with Gasteiger partial charge in [0.25, 0.3) is 0 Å². The third-order valence-electron chi connectivity index (χ3n) is 4.42. The van der Waals surface area contributed by atoms with Crippen molar-refractivity contribution in [2.75, 3.05) is 33.6 Å². The van der Waals surface area contributed by atoms with Crippen molar-refractivity contribution in [3.8, 4) is 11.5 Å². The monoisotopic (exact) mass is 357 g/mol. The van der Waals surface area contributed by atoms with Crippen molar-refractivity contribution >= 4 is 0 Å². The minimum absolute atomic E-state index is 0.284. The summed E-state index contributed by atoms with van der Waals surface area (Å²) in [5.41, 5.74) is 8.41. The van der Waals surface area contributed by atoms with Crippen LogP contribution in [0.3, 0.4) is 0 Å². The van der Waals surface area contributed by atoms with E-state index in [-0.39, 0.29) is 6.61 Å². The lowest BCUT2D eigenvalue weighted by Gasteiger charge is -2.19. The number of ether oxygens (including phenoxy) is 2. The van der Waals surface area contributed by atoms with Crippen molar-refractivity contribution in [3.63, 3.8) is 0 Å². The number of methoxy groups -OCH3 is 1. The Labute approximate surface area is 154 Å². The maximum absolute atomic E-state index is 10.2. The molecule has 3 N–H and O–H groups in total. The number of para-hydroxylation sites is 1. The Morgan fingerprint density at radius 3 is 2.69 bits per heavy atom. The molecule has 1 heterocycles. The highest BCUT2D eigenvalue weighted by molar-refractivity contribution is 5.35. The van der Waals surface area contributed by atoms with Crippen LogP contribution in [0.4, 0.5) is 0 Å². The van der Waals surface area contributed by atoms with Gasteiger partial charge in [-0.1, -0.05) is 30.3 Å². The number of benzene rings is 2. The summed E-state index contributed by atoms with van der Waals surface area (Å²) < 4.78 is 11.2. The molecule has 1 unspecified atom stereocenters. The molecule has 1 fully saturated rings. The van der Waals surface area contributed by atoms with Crippen LogP contribution in [0.2, 0.25) is 0 Å². The quantitative estimate of drug-likeness (QED) is 0.633. The van der Waals surface area contributed by atoms with Crippen LogP contribution < -0.4 is 20.3 Å². The standard InChI is InChI=1S/C20H27N3O3/c1-25-19-7-4-5-16(11-19)9-10-17-6-2-3-8-20(17)26-13-18(24)12-23-14-21-22-15-23/h2-8,11,18,21-22,24H,9-10,12-15H2,1H3. The van der Waals surface area contributed by atoms with Gasteiger partial charge in [-0.2, -0.15) is 0 Å². The highest BCUT2D eigenvalue weighted by atomic mass is 16.5. The molecule has 0 aromatic heterocycles. The lowest BCUT2D eigenvalue weighted by Crippen LogP contribution is -2.35. The van der Waals surface area contributed by atoms with Crippen molar-refractivity contribution in [2.24, 2.45) is 0 Å². The molecule has 3 rings (SSSR count). The fraction of sp³-hybridized carbons (Fsp3) is 0.400. The molecule has 6 heteroatoms. The molecule has 1 atom stereocenters. The number of aliphatic hydroxyl groups is 1. The maximum atomic E-state index is 10.2. The molecule has 1 aliphatic heterocycles. The third-order valence-corrected chi connectivity index (χ3v) is 4.42. The second-order valence-corrected chi connectivity index (χ2v) is 6.45. The molecule has 0 saturated carbocycles. The van der Waals surface area contributed by atoms with Crippen molar-refractivity contribution in [2.45, 2.75) is 18.9 Å². The Hall–Kier alpha value is -2.12. The number of rotatable bonds is 9. The first-order chi connectivity index (χ1) is 12.7. The number of hydrazine groups is 1. The molecule has 26 heavy (non-hydrogen) atoms. The van der Waals surface area contributed by atoms with Crippen LogP contribution in [-0.4, -0.2) is 49.7 Å². The molecular formula is C20H27N3O3. The third kappa shape index (κ3) is 5.44. The van der Waals surface area contributed by atoms with Gasteiger partial charge >= 0.3 is 0 Å². The minimum atomic E-state index is -0.525. The SMILES string of the molecule is COc1cccc(CCc2ccccc2OCC(O)CN2CNNC2)c1. The summed E-state index contributed by atoms with van der Waals surface area (Å²) in [7, 11) is 1.68. The van der Waals surface area contributed by atoms with Crippen LogP contribution in [0.15, 0.2) is 48.5 Å². The first-order valence-electron chi connectivity index (χ1n) is 8.94. The van der Waals surface area contributed by atoms with Gasteiger partial charge in [-0.05, 0) is 42.2 Å². The van der Waals surface area contributed by atoms with Crippen molar-refractivity contribution in [1.82, 2.24) is 15.8 Å². The van der Waals surface area contributed by atoms with Gasteiger partial charge in [-0.3, -0.25) is 4.90 Å². The van der Waals surface area contributed by atoms with Gasteiger partial charge in [0.15, 0.2) is 0 Å². The van der Waals surface area contributed by atoms with Gasteiger partial charge in [0.2, 0.25) is 0 Å². The molecule has 1 saturated heterocycles. The smallest absolute Gasteiger partial charge is 0.122 e. The summed E-state index contributed by atoms with van der Waals surface area (Å²) in [4.78, 5) is 2.09. The van der Waals surface area contributed by atoms with Crippen LogP contribution in [-0.2, 0) is 12.8 Å². The molecule has 140 valence electrons. The summed E-state index contributed by atoms with van der Waals surface area (Å²) in [6, 6.07) is 16.2. The molecule has 0 amide bonds. The number of hydrogen-bond donors (Lipinski definition) is 3. The van der Waals surface area contributed by atoms with E-state index in [1.165, 1.54) is 5.56 Å². The summed E-state index contributed by atoms with van der Waals surface area (Å²) in [6.45, 7) is 2.32. The first kappa shape index (κ1) is 18.7. The van der Waals surface area contributed by atoms with Crippen LogP contribution in [0.25, 0.3) is 0 Å². The molecule has 0 radical (unpaired) electrons. The largest absolute Gasteiger partial charge is 0.497 e. The minimum Gasteiger partial charge on any atom is -0.497 e. The van der Waals surface area contributed by atoms with E-state index in [0.29, 0.717) is 6.54 Å². The summed E-state index contributed by atoms with van der Waals surface area (Å²) in [6.07, 6.45) is 1.26. The fourth-order valence-corrected chi connectivity index (χ4v) is 3.02. The number of nitrogens with zero attached hydrogens (tertiary/aromatic N) is 1. The zero-order valence-corrected chi connectivity index (χ0v) is 15.1. The second kappa shape index (κ2) is 9.54. The van der Waals surface area contributed by atoms with Crippen molar-refractivity contribution in [1.29, 1.82) is 0 Å². The zero-order chi connectivity index (χ0) is 18.2. The molecular weight excluding hydrogens is 330 g/mol. The Bertz CT molecular complexity index is 690. The predicted molar refractivity (Wildman–Crippen MR) is 101 cm³/mol. The normalized spacial score (nSPS) is 15.8. The number of aryl methyl sites for hydroxylation is 2. The highest BCUT2D eigenvalue weighted by Gasteiger charge is 2.16. The molecule has 0 bridgehead atoms. The van der Waals surface area contributed by atoms with E-state index in [9.17, 15) is 5.11 Å². The van der Waals surface area contributed by atoms with Crippen LogP contribution >= 0.6 is 0 Å². The predicted octanol–water partition coefficient (Wildman–Crippen LogP) is 1.54. The van der Waals surface area contributed by atoms with Gasteiger partial charge in [-0.25, -0.2) is 10.9 Å². The zero-order valence-electron chi connectivity index (χ0n) is 15.1. The van der Waals surface area contributed by atoms with E-state index in [2.05, 4.69) is 34.0 Å². The highest BCUT2D eigenvalue weighted by Crippen LogP contribution is 2.21. The van der Waals surface area contributed by atoms with Crippen LogP contribution in [0.5, 0.6) is 11.5 Å². The summed E-state index contributed by atoms with van der Waals surface area (Å²) in [5, 5.41) is 10.2. The van der Waals surface area contributed by atoms with Crippen molar-refractivity contribution < 1.29 is 14.6 Å². The Balaban J connectivity index is 1.53. The topological polar surface area (TPSA) is 66.0 Å². The lowest BCUT2D eigenvalue weighted by molar-refractivity contribution is 0.0744. The van der Waals surface area contributed by atoms with E-state index >= 15 is 0 Å². The fourth-order valence-electron chi connectivity index (χ4n) is 3.02. The molecule has 2 aromatic carbocycles. The molecule has 0 spiro atoms. The first-order valence-corrected chi connectivity index (χ1v) is 8.94. The van der Waals surface area contributed by atoms with E-state index < -0.39 is 6.10 Å². The van der Waals surface area contributed by atoms with E-state index in [1.54, 1.807) is 7.11 Å². The number of nitrogens with one attached hydrogen (secondary N) is 2. The van der Waals surface area contributed by atoms with Crippen LogP contribution in [0, 0.1) is 0 Å². The Morgan fingerprint density at radius 1 is 1.08 bits per heavy atom. The average molecular weight is 357 g/mol. The van der Waals surface area contributed by atoms with Gasteiger partial charge in [0.05, 0.1) is 20.4 Å². The number of hydrogen-bond acceptors (Lipinski definition) is 6. The number of aliphatic hydroxyl groups excluding tert-OH is 1. The van der Waals surface area contributed by atoms with Gasteiger partial charge in [-0.15, -0.1) is 0 Å². The van der Waals surface area contributed by atoms with E-state index in [4.69, 9.17) is 9.47 Å². The molecule has 0 aliphatic carbocycles. The van der Waals surface area contributed by atoms with E-state index in [0.717, 1.165) is 43.2 Å². The van der Waals surface area contributed by atoms with E-state index in [1.807, 2.05) is 30.3 Å². The van der Waals surface area contributed by atoms with Crippen molar-refractivity contribution in [3.05, 3.63) is 59.7 Å². The molecule has 2 aromatic rings. The summed E-state index contributed by atoms with van der Waals surface area (Å²) in [5.74, 6) is 1.72. The molecule has 1 aliphatic rings. The average Bonchev–Trinajstić information content (AvgIpc) is 3.18. The number of β-amino-alcohol motifs (C(OH)–C–C–N with tert-alkyl or cyclic N) is 1.